The summed E-state index contributed by atoms with van der Waals surface area (Å²) in [7, 11) is 0. The minimum absolute atomic E-state index is 0.327. The van der Waals surface area contributed by atoms with E-state index in [1.165, 1.54) is 0 Å². The van der Waals surface area contributed by atoms with Gasteiger partial charge in [-0.2, -0.15) is 0 Å². The van der Waals surface area contributed by atoms with Gasteiger partial charge in [0.15, 0.2) is 5.89 Å². The largest absolute Gasteiger partial charge is 0.425 e. The number of nitrogens with two attached hydrogens (primary N) is 3. The number of imidazole rings is 2. The Morgan fingerprint density at radius 3 is 2.11 bits per heavy atom. The van der Waals surface area contributed by atoms with Crippen molar-refractivity contribution in [2.24, 2.45) is 11.5 Å². The second-order valence-corrected chi connectivity index (χ2v) is 8.72. The molecule has 3 aromatic heterocycles. The molecule has 3 heterocycles. The molecule has 0 unspecified atom stereocenters. The fraction of sp³-hybridized carbons (Fsp3) is 0.192. The molecule has 0 saturated heterocycles. The van der Waals surface area contributed by atoms with Crippen LogP contribution in [-0.4, -0.2) is 35.9 Å². The molecule has 0 saturated carbocycles. The van der Waals surface area contributed by atoms with Gasteiger partial charge in [-0.1, -0.05) is 19.1 Å². The van der Waals surface area contributed by atoms with Crippen molar-refractivity contribution in [2.45, 2.75) is 33.4 Å². The van der Waals surface area contributed by atoms with Crippen molar-refractivity contribution >= 4 is 51.7 Å². The zero-order chi connectivity index (χ0) is 27.0. The molecule has 0 radical (unpaired) electrons. The van der Waals surface area contributed by atoms with Gasteiger partial charge in [0.25, 0.3) is 0 Å². The Hall–Kier alpha value is -5.13. The Morgan fingerprint density at radius 1 is 0.921 bits per heavy atom. The normalized spacial score (nSPS) is 11.6. The van der Waals surface area contributed by atoms with Crippen LogP contribution in [0.25, 0.3) is 22.1 Å². The van der Waals surface area contributed by atoms with E-state index >= 15 is 0 Å². The van der Waals surface area contributed by atoms with E-state index in [0.29, 0.717) is 65.3 Å². The number of carbonyl (C=O) groups is 2. The SMILES string of the molecule is CCc1nc(C)oc1Nc1nc2cc(C(N)=O)ccc2n1C/C=C/Cn1c(N)nc2cc(C(N)=O)ccc21. The molecular weight excluding hydrogens is 486 g/mol. The summed E-state index contributed by atoms with van der Waals surface area (Å²) in [6.07, 6.45) is 4.62. The molecule has 2 amide bonds. The van der Waals surface area contributed by atoms with E-state index < -0.39 is 11.8 Å². The number of aromatic nitrogens is 5. The third-order valence-corrected chi connectivity index (χ3v) is 6.20. The fourth-order valence-electron chi connectivity index (χ4n) is 4.33. The highest BCUT2D eigenvalue weighted by Crippen LogP contribution is 2.27. The van der Waals surface area contributed by atoms with Crippen LogP contribution in [0.2, 0.25) is 0 Å². The zero-order valence-electron chi connectivity index (χ0n) is 20.9. The van der Waals surface area contributed by atoms with E-state index in [-0.39, 0.29) is 0 Å². The van der Waals surface area contributed by atoms with Crippen LogP contribution in [0.4, 0.5) is 17.8 Å². The number of fused-ring (bicyclic) bond motifs is 2. The van der Waals surface area contributed by atoms with Gasteiger partial charge in [0, 0.05) is 31.1 Å². The van der Waals surface area contributed by atoms with Crippen LogP contribution in [0.3, 0.4) is 0 Å². The quantitative estimate of drug-likeness (QED) is 0.216. The van der Waals surface area contributed by atoms with E-state index in [9.17, 15) is 9.59 Å². The molecule has 12 nitrogen and oxygen atoms in total. The summed E-state index contributed by atoms with van der Waals surface area (Å²) < 4.78 is 9.55. The second kappa shape index (κ2) is 9.73. The number of anilines is 3. The van der Waals surface area contributed by atoms with Gasteiger partial charge >= 0.3 is 0 Å². The first kappa shape index (κ1) is 24.6. The lowest BCUT2D eigenvalue weighted by Crippen LogP contribution is -2.10. The van der Waals surface area contributed by atoms with Crippen molar-refractivity contribution in [2.75, 3.05) is 11.1 Å². The zero-order valence-corrected chi connectivity index (χ0v) is 20.9. The molecule has 7 N–H and O–H groups in total. The van der Waals surface area contributed by atoms with Gasteiger partial charge in [-0.05, 0) is 42.8 Å². The van der Waals surface area contributed by atoms with E-state index in [2.05, 4.69) is 15.3 Å². The highest BCUT2D eigenvalue weighted by molar-refractivity contribution is 5.97. The second-order valence-electron chi connectivity index (χ2n) is 8.72. The number of hydrogen-bond acceptors (Lipinski definition) is 8. The lowest BCUT2D eigenvalue weighted by Gasteiger charge is -2.08. The Bertz CT molecular complexity index is 1730. The number of rotatable bonds is 9. The van der Waals surface area contributed by atoms with Gasteiger partial charge in [-0.25, -0.2) is 15.0 Å². The lowest BCUT2D eigenvalue weighted by molar-refractivity contribution is 0.0992. The fourth-order valence-corrected chi connectivity index (χ4v) is 4.33. The van der Waals surface area contributed by atoms with E-state index in [1.54, 1.807) is 37.3 Å². The molecular formula is C26H27N9O3. The molecule has 5 aromatic rings. The van der Waals surface area contributed by atoms with E-state index in [1.807, 2.05) is 34.3 Å². The maximum absolute atomic E-state index is 11.7. The number of oxazole rings is 1. The van der Waals surface area contributed by atoms with Gasteiger partial charge in [0.1, 0.15) is 5.69 Å². The predicted molar refractivity (Wildman–Crippen MR) is 144 cm³/mol. The first-order chi connectivity index (χ1) is 18.2. The monoisotopic (exact) mass is 513 g/mol. The lowest BCUT2D eigenvalue weighted by atomic mass is 10.2. The summed E-state index contributed by atoms with van der Waals surface area (Å²) in [5.41, 5.74) is 21.3. The summed E-state index contributed by atoms with van der Waals surface area (Å²) in [5, 5.41) is 3.25. The first-order valence-electron chi connectivity index (χ1n) is 12.0. The molecule has 0 aliphatic heterocycles. The predicted octanol–water partition coefficient (Wildman–Crippen LogP) is 3.02. The molecule has 2 aromatic carbocycles. The van der Waals surface area contributed by atoms with Crippen molar-refractivity contribution in [3.8, 4) is 0 Å². The Balaban J connectivity index is 1.44. The van der Waals surface area contributed by atoms with E-state index in [4.69, 9.17) is 26.6 Å². The number of allylic oxidation sites excluding steroid dienone is 2. The summed E-state index contributed by atoms with van der Waals surface area (Å²) in [4.78, 5) is 36.6. The number of nitrogens with one attached hydrogen (secondary N) is 1. The molecule has 0 aliphatic rings. The molecule has 0 spiro atoms. The average molecular weight is 514 g/mol. The van der Waals surface area contributed by atoms with Crippen LogP contribution < -0.4 is 22.5 Å². The Kier molecular flexibility index (Phi) is 6.29. The summed E-state index contributed by atoms with van der Waals surface area (Å²) in [5.74, 6) is 0.885. The topological polar surface area (TPSA) is 186 Å². The first-order valence-corrected chi connectivity index (χ1v) is 12.0. The maximum atomic E-state index is 11.7. The molecule has 38 heavy (non-hydrogen) atoms. The highest BCUT2D eigenvalue weighted by atomic mass is 16.4. The number of primary amides is 2. The standard InChI is InChI=1S/C26H27N9O3/c1-3-17-24(38-14(2)30-17)33-26-32-19-13-16(23(28)37)7-9-21(19)35(26)11-5-4-10-34-20-8-6-15(22(27)36)12-18(20)31-25(34)29/h4-9,12-13H,3,10-11H2,1-2H3,(H2,27,36)(H2,28,37)(H2,29,31)(H,32,33)/b5-4+. The minimum Gasteiger partial charge on any atom is -0.425 e. The number of benzene rings is 2. The summed E-state index contributed by atoms with van der Waals surface area (Å²) in [6.45, 7) is 4.70. The van der Waals surface area contributed by atoms with Crippen LogP contribution in [-0.2, 0) is 19.5 Å². The van der Waals surface area contributed by atoms with Crippen LogP contribution in [0.15, 0.2) is 53.0 Å². The van der Waals surface area contributed by atoms with Crippen molar-refractivity contribution in [1.29, 1.82) is 0 Å². The average Bonchev–Trinajstić information content (AvgIpc) is 3.52. The molecule has 194 valence electrons. The van der Waals surface area contributed by atoms with Crippen LogP contribution in [0.5, 0.6) is 0 Å². The van der Waals surface area contributed by atoms with Gasteiger partial charge in [-0.15, -0.1) is 0 Å². The van der Waals surface area contributed by atoms with Gasteiger partial charge in [0.05, 0.1) is 22.1 Å². The number of nitrogens with zero attached hydrogens (tertiary/aromatic N) is 5. The summed E-state index contributed by atoms with van der Waals surface area (Å²) in [6, 6.07) is 10.2. The molecule has 0 aliphatic carbocycles. The number of amides is 2. The molecule has 0 bridgehead atoms. The Morgan fingerprint density at radius 2 is 1.50 bits per heavy atom. The van der Waals surface area contributed by atoms with Crippen molar-refractivity contribution in [3.05, 3.63) is 71.3 Å². The van der Waals surface area contributed by atoms with Crippen LogP contribution in [0, 0.1) is 6.92 Å². The number of hydrogen-bond donors (Lipinski definition) is 4. The summed E-state index contributed by atoms with van der Waals surface area (Å²) >= 11 is 0. The van der Waals surface area contributed by atoms with Crippen molar-refractivity contribution in [3.63, 3.8) is 0 Å². The minimum atomic E-state index is -0.525. The number of carbonyl (C=O) groups excluding carboxylic acids is 2. The van der Waals surface area contributed by atoms with Crippen molar-refractivity contribution in [1.82, 2.24) is 24.1 Å². The number of aryl methyl sites for hydroxylation is 2. The molecule has 0 atom stereocenters. The maximum Gasteiger partial charge on any atom is 0.248 e. The van der Waals surface area contributed by atoms with Crippen molar-refractivity contribution < 1.29 is 14.0 Å². The molecule has 0 fully saturated rings. The van der Waals surface area contributed by atoms with Gasteiger partial charge in [-0.3, -0.25) is 14.9 Å². The molecule has 12 heteroatoms. The van der Waals surface area contributed by atoms with Gasteiger partial charge < -0.3 is 30.8 Å². The Labute approximate surface area is 217 Å². The number of nitrogen functional groups attached to an aromatic ring is 1. The smallest absolute Gasteiger partial charge is 0.248 e. The third-order valence-electron chi connectivity index (χ3n) is 6.20. The highest BCUT2D eigenvalue weighted by Gasteiger charge is 2.16. The third kappa shape index (κ3) is 4.54. The molecule has 5 rings (SSSR count). The van der Waals surface area contributed by atoms with Gasteiger partial charge in [0.2, 0.25) is 29.6 Å². The van der Waals surface area contributed by atoms with E-state index in [0.717, 1.165) is 16.7 Å². The van der Waals surface area contributed by atoms with Crippen LogP contribution in [0.1, 0.15) is 39.2 Å². The van der Waals surface area contributed by atoms with Crippen LogP contribution >= 0.6 is 0 Å².